The number of amides is 1. The van der Waals surface area contributed by atoms with Crippen LogP contribution in [0.25, 0.3) is 6.08 Å². The maximum atomic E-state index is 12.3. The van der Waals surface area contributed by atoms with Crippen LogP contribution < -0.4 is 10.1 Å². The van der Waals surface area contributed by atoms with E-state index in [1.165, 1.54) is 5.56 Å². The van der Waals surface area contributed by atoms with Crippen LogP contribution in [0.15, 0.2) is 48.5 Å². The molecule has 0 aliphatic carbocycles. The summed E-state index contributed by atoms with van der Waals surface area (Å²) in [6, 6.07) is 14.1. The molecule has 0 aliphatic heterocycles. The van der Waals surface area contributed by atoms with Gasteiger partial charge >= 0.3 is 0 Å². The molecule has 132 valence electrons. The SMILES string of the molecule is CCc1ccc(/C=C/C(=O)Nc2cc(C(C)(C)C)ccc2OC)cc1. The fraction of sp³-hybridized carbons (Fsp3) is 0.318. The van der Waals surface area contributed by atoms with Gasteiger partial charge in [-0.05, 0) is 46.7 Å². The van der Waals surface area contributed by atoms with Gasteiger partial charge in [0.05, 0.1) is 12.8 Å². The quantitative estimate of drug-likeness (QED) is 0.761. The van der Waals surface area contributed by atoms with E-state index in [2.05, 4.69) is 45.1 Å². The molecular formula is C22H27NO2. The molecular weight excluding hydrogens is 310 g/mol. The first-order valence-corrected chi connectivity index (χ1v) is 8.60. The fourth-order valence-corrected chi connectivity index (χ4v) is 2.48. The van der Waals surface area contributed by atoms with E-state index in [0.717, 1.165) is 17.5 Å². The predicted octanol–water partition coefficient (Wildman–Crippen LogP) is 5.21. The average Bonchev–Trinajstić information content (AvgIpc) is 2.59. The zero-order chi connectivity index (χ0) is 18.4. The van der Waals surface area contributed by atoms with E-state index < -0.39 is 0 Å². The molecule has 1 amide bonds. The van der Waals surface area contributed by atoms with Gasteiger partial charge in [-0.2, -0.15) is 0 Å². The molecule has 0 heterocycles. The van der Waals surface area contributed by atoms with Crippen molar-refractivity contribution in [2.45, 2.75) is 39.5 Å². The first-order valence-electron chi connectivity index (χ1n) is 8.60. The minimum Gasteiger partial charge on any atom is -0.495 e. The summed E-state index contributed by atoms with van der Waals surface area (Å²) in [6.45, 7) is 8.54. The van der Waals surface area contributed by atoms with Crippen LogP contribution in [-0.2, 0) is 16.6 Å². The summed E-state index contributed by atoms with van der Waals surface area (Å²) < 4.78 is 5.36. The molecule has 0 fully saturated rings. The smallest absolute Gasteiger partial charge is 0.248 e. The minimum atomic E-state index is -0.177. The molecule has 2 aromatic carbocycles. The van der Waals surface area contributed by atoms with Gasteiger partial charge in [-0.15, -0.1) is 0 Å². The number of carbonyl (C=O) groups excluding carboxylic acids is 1. The lowest BCUT2D eigenvalue weighted by Gasteiger charge is -2.21. The molecule has 0 radical (unpaired) electrons. The third-order valence-corrected chi connectivity index (χ3v) is 4.14. The molecule has 0 aliphatic rings. The van der Waals surface area contributed by atoms with Gasteiger partial charge in [0.15, 0.2) is 0 Å². The van der Waals surface area contributed by atoms with Crippen LogP contribution in [0.3, 0.4) is 0 Å². The summed E-state index contributed by atoms with van der Waals surface area (Å²) in [5.41, 5.74) is 4.12. The molecule has 25 heavy (non-hydrogen) atoms. The molecule has 2 rings (SSSR count). The van der Waals surface area contributed by atoms with Crippen LogP contribution in [0.4, 0.5) is 5.69 Å². The normalized spacial score (nSPS) is 11.6. The fourth-order valence-electron chi connectivity index (χ4n) is 2.48. The van der Waals surface area contributed by atoms with E-state index in [1.807, 2.05) is 36.4 Å². The summed E-state index contributed by atoms with van der Waals surface area (Å²) in [5, 5.41) is 2.92. The number of rotatable bonds is 5. The van der Waals surface area contributed by atoms with E-state index >= 15 is 0 Å². The molecule has 0 aromatic heterocycles. The number of carbonyl (C=O) groups is 1. The lowest BCUT2D eigenvalue weighted by atomic mass is 9.87. The number of hydrogen-bond donors (Lipinski definition) is 1. The summed E-state index contributed by atoms with van der Waals surface area (Å²) in [6.07, 6.45) is 4.37. The second kappa shape index (κ2) is 8.02. The van der Waals surface area contributed by atoms with Gasteiger partial charge in [0.25, 0.3) is 0 Å². The van der Waals surface area contributed by atoms with Crippen LogP contribution in [-0.4, -0.2) is 13.0 Å². The predicted molar refractivity (Wildman–Crippen MR) is 105 cm³/mol. The Hall–Kier alpha value is -2.55. The highest BCUT2D eigenvalue weighted by molar-refractivity contribution is 6.02. The van der Waals surface area contributed by atoms with Crippen LogP contribution in [0.5, 0.6) is 5.75 Å². The van der Waals surface area contributed by atoms with Crippen LogP contribution in [0.2, 0.25) is 0 Å². The molecule has 1 N–H and O–H groups in total. The molecule has 0 atom stereocenters. The highest BCUT2D eigenvalue weighted by atomic mass is 16.5. The van der Waals surface area contributed by atoms with E-state index in [4.69, 9.17) is 4.74 Å². The maximum Gasteiger partial charge on any atom is 0.248 e. The van der Waals surface area contributed by atoms with Crippen LogP contribution >= 0.6 is 0 Å². The summed E-state index contributed by atoms with van der Waals surface area (Å²) in [4.78, 5) is 12.3. The van der Waals surface area contributed by atoms with E-state index in [1.54, 1.807) is 13.2 Å². The van der Waals surface area contributed by atoms with Crippen LogP contribution in [0, 0.1) is 0 Å². The van der Waals surface area contributed by atoms with Gasteiger partial charge in [-0.25, -0.2) is 0 Å². The number of methoxy groups -OCH3 is 1. The maximum absolute atomic E-state index is 12.3. The van der Waals surface area contributed by atoms with Crippen molar-refractivity contribution in [3.8, 4) is 5.75 Å². The molecule has 0 saturated heterocycles. The first kappa shape index (κ1) is 18.8. The van der Waals surface area contributed by atoms with E-state index in [0.29, 0.717) is 11.4 Å². The lowest BCUT2D eigenvalue weighted by Crippen LogP contribution is -2.14. The molecule has 0 saturated carbocycles. The van der Waals surface area contributed by atoms with Crippen molar-refractivity contribution < 1.29 is 9.53 Å². The monoisotopic (exact) mass is 337 g/mol. The van der Waals surface area contributed by atoms with Gasteiger partial charge in [0.1, 0.15) is 5.75 Å². The number of nitrogens with one attached hydrogen (secondary N) is 1. The molecule has 3 nitrogen and oxygen atoms in total. The first-order chi connectivity index (χ1) is 11.8. The zero-order valence-corrected chi connectivity index (χ0v) is 15.7. The molecule has 0 bridgehead atoms. The molecule has 0 unspecified atom stereocenters. The Bertz CT molecular complexity index is 753. The van der Waals surface area contributed by atoms with Gasteiger partial charge < -0.3 is 10.1 Å². The number of hydrogen-bond acceptors (Lipinski definition) is 2. The van der Waals surface area contributed by atoms with Crippen molar-refractivity contribution in [3.05, 3.63) is 65.2 Å². The summed E-state index contributed by atoms with van der Waals surface area (Å²) in [7, 11) is 1.60. The van der Waals surface area contributed by atoms with Crippen molar-refractivity contribution >= 4 is 17.7 Å². The average molecular weight is 337 g/mol. The van der Waals surface area contributed by atoms with Crippen molar-refractivity contribution in [1.29, 1.82) is 0 Å². The number of anilines is 1. The third-order valence-electron chi connectivity index (χ3n) is 4.14. The second-order valence-corrected chi connectivity index (χ2v) is 7.08. The van der Waals surface area contributed by atoms with E-state index in [9.17, 15) is 4.79 Å². The van der Waals surface area contributed by atoms with Gasteiger partial charge in [-0.1, -0.05) is 58.0 Å². The Balaban J connectivity index is 2.14. The number of ether oxygens (including phenoxy) is 1. The van der Waals surface area contributed by atoms with Gasteiger partial charge in [0, 0.05) is 6.08 Å². The van der Waals surface area contributed by atoms with Crippen molar-refractivity contribution in [1.82, 2.24) is 0 Å². The number of benzene rings is 2. The van der Waals surface area contributed by atoms with Crippen molar-refractivity contribution in [2.24, 2.45) is 0 Å². The Kier molecular flexibility index (Phi) is 6.02. The standard InChI is InChI=1S/C22H27NO2/c1-6-16-7-9-17(10-8-16)11-14-21(24)23-19-15-18(22(2,3)4)12-13-20(19)25-5/h7-15H,6H2,1-5H3,(H,23,24)/b14-11+. The second-order valence-electron chi connectivity index (χ2n) is 7.08. The van der Waals surface area contributed by atoms with Gasteiger partial charge in [0.2, 0.25) is 5.91 Å². The molecule has 0 spiro atoms. The Morgan fingerprint density at radius 1 is 1.12 bits per heavy atom. The van der Waals surface area contributed by atoms with Crippen molar-refractivity contribution in [3.63, 3.8) is 0 Å². The highest BCUT2D eigenvalue weighted by Gasteiger charge is 2.16. The van der Waals surface area contributed by atoms with Crippen LogP contribution in [0.1, 0.15) is 44.4 Å². The Morgan fingerprint density at radius 2 is 1.80 bits per heavy atom. The molecule has 2 aromatic rings. The summed E-state index contributed by atoms with van der Waals surface area (Å²) >= 11 is 0. The molecule has 3 heteroatoms. The van der Waals surface area contributed by atoms with E-state index in [-0.39, 0.29) is 11.3 Å². The Labute approximate surface area is 150 Å². The third kappa shape index (κ3) is 5.21. The lowest BCUT2D eigenvalue weighted by molar-refractivity contribution is -0.111. The minimum absolute atomic E-state index is 0.00259. The van der Waals surface area contributed by atoms with Crippen molar-refractivity contribution in [2.75, 3.05) is 12.4 Å². The number of aryl methyl sites for hydroxylation is 1. The highest BCUT2D eigenvalue weighted by Crippen LogP contribution is 2.31. The van der Waals surface area contributed by atoms with Gasteiger partial charge in [-0.3, -0.25) is 4.79 Å². The largest absolute Gasteiger partial charge is 0.495 e. The Morgan fingerprint density at radius 3 is 2.36 bits per heavy atom. The summed E-state index contributed by atoms with van der Waals surface area (Å²) in [5.74, 6) is 0.478. The topological polar surface area (TPSA) is 38.3 Å². The zero-order valence-electron chi connectivity index (χ0n) is 15.7.